The van der Waals surface area contributed by atoms with Crippen LogP contribution in [0.4, 0.5) is 4.79 Å². The molecule has 0 aromatic heterocycles. The Hall–Kier alpha value is -0.990. The largest absolute Gasteiger partial charge is 0.444 e. The van der Waals surface area contributed by atoms with Gasteiger partial charge in [-0.25, -0.2) is 4.79 Å². The summed E-state index contributed by atoms with van der Waals surface area (Å²) in [5.41, 5.74) is 0.802. The van der Waals surface area contributed by atoms with E-state index < -0.39 is 5.60 Å². The molecule has 1 heterocycles. The zero-order valence-corrected chi connectivity index (χ0v) is 10.5. The highest BCUT2D eigenvalue weighted by molar-refractivity contribution is 5.71. The zero-order valence-electron chi connectivity index (χ0n) is 10.5. The number of nitrogens with zero attached hydrogens (tertiary/aromatic N) is 1. The quantitative estimate of drug-likeness (QED) is 0.590. The van der Waals surface area contributed by atoms with Crippen LogP contribution in [0, 0.1) is 0 Å². The van der Waals surface area contributed by atoms with Gasteiger partial charge in [0.15, 0.2) is 0 Å². The molecule has 2 rings (SSSR count). The Bertz CT molecular complexity index is 323. The van der Waals surface area contributed by atoms with Gasteiger partial charge in [-0.1, -0.05) is 12.2 Å². The average molecular weight is 223 g/mol. The Kier molecular flexibility index (Phi) is 2.52. The molecule has 1 amide bonds. The summed E-state index contributed by atoms with van der Waals surface area (Å²) in [5.74, 6) is 0. The number of likely N-dealkylation sites (tertiary alicyclic amines) is 1. The highest BCUT2D eigenvalue weighted by atomic mass is 16.6. The van der Waals surface area contributed by atoms with E-state index in [-0.39, 0.29) is 11.6 Å². The van der Waals surface area contributed by atoms with E-state index in [1.165, 1.54) is 6.42 Å². The molecule has 1 aliphatic heterocycles. The van der Waals surface area contributed by atoms with Gasteiger partial charge in [0.1, 0.15) is 5.60 Å². The van der Waals surface area contributed by atoms with Gasteiger partial charge in [0.05, 0.1) is 5.54 Å². The van der Waals surface area contributed by atoms with E-state index in [1.807, 2.05) is 25.7 Å². The molecule has 0 aromatic rings. The monoisotopic (exact) mass is 223 g/mol. The van der Waals surface area contributed by atoms with Crippen LogP contribution in [0.25, 0.3) is 0 Å². The van der Waals surface area contributed by atoms with E-state index in [2.05, 4.69) is 6.58 Å². The summed E-state index contributed by atoms with van der Waals surface area (Å²) in [7, 11) is 0. The van der Waals surface area contributed by atoms with Gasteiger partial charge in [0.2, 0.25) is 0 Å². The molecular formula is C13H21NO2. The van der Waals surface area contributed by atoms with Crippen LogP contribution in [0.2, 0.25) is 0 Å². The molecule has 1 saturated heterocycles. The van der Waals surface area contributed by atoms with E-state index in [0.29, 0.717) is 6.54 Å². The molecule has 0 radical (unpaired) electrons. The number of hydrogen-bond donors (Lipinski definition) is 0. The SMILES string of the molecule is C=C1CN(C(=O)OC(C)(C)C)C2(CCC2)C1. The third-order valence-corrected chi connectivity index (χ3v) is 3.43. The Morgan fingerprint density at radius 1 is 1.44 bits per heavy atom. The van der Waals surface area contributed by atoms with Gasteiger partial charge < -0.3 is 4.74 Å². The van der Waals surface area contributed by atoms with Gasteiger partial charge >= 0.3 is 6.09 Å². The lowest BCUT2D eigenvalue weighted by Gasteiger charge is -2.45. The molecule has 2 fully saturated rings. The van der Waals surface area contributed by atoms with Gasteiger partial charge in [0.25, 0.3) is 0 Å². The Morgan fingerprint density at radius 3 is 2.50 bits per heavy atom. The lowest BCUT2D eigenvalue weighted by atomic mass is 9.74. The van der Waals surface area contributed by atoms with Crippen LogP contribution < -0.4 is 0 Å². The lowest BCUT2D eigenvalue weighted by molar-refractivity contribution is -0.00975. The van der Waals surface area contributed by atoms with Crippen molar-refractivity contribution in [2.24, 2.45) is 0 Å². The molecule has 3 nitrogen and oxygen atoms in total. The van der Waals surface area contributed by atoms with Crippen molar-refractivity contribution in [1.82, 2.24) is 4.90 Å². The predicted molar refractivity (Wildman–Crippen MR) is 63.3 cm³/mol. The van der Waals surface area contributed by atoms with E-state index in [9.17, 15) is 4.79 Å². The van der Waals surface area contributed by atoms with Crippen LogP contribution in [0.15, 0.2) is 12.2 Å². The first-order chi connectivity index (χ1) is 7.32. The van der Waals surface area contributed by atoms with Crippen LogP contribution >= 0.6 is 0 Å². The summed E-state index contributed by atoms with van der Waals surface area (Å²) in [6.07, 6.45) is 4.21. The molecule has 1 aliphatic carbocycles. The summed E-state index contributed by atoms with van der Waals surface area (Å²) in [5, 5.41) is 0. The maximum absolute atomic E-state index is 12.1. The Morgan fingerprint density at radius 2 is 2.06 bits per heavy atom. The second-order valence-corrected chi connectivity index (χ2v) is 6.07. The van der Waals surface area contributed by atoms with Crippen molar-refractivity contribution in [2.75, 3.05) is 6.54 Å². The molecule has 16 heavy (non-hydrogen) atoms. The van der Waals surface area contributed by atoms with Gasteiger partial charge in [-0.2, -0.15) is 0 Å². The second kappa shape index (κ2) is 3.51. The van der Waals surface area contributed by atoms with Gasteiger partial charge in [0, 0.05) is 6.54 Å². The topological polar surface area (TPSA) is 29.5 Å². The van der Waals surface area contributed by atoms with Crippen molar-refractivity contribution in [3.05, 3.63) is 12.2 Å². The molecule has 90 valence electrons. The summed E-state index contributed by atoms with van der Waals surface area (Å²) in [6.45, 7) is 10.4. The Balaban J connectivity index is 2.08. The molecule has 1 saturated carbocycles. The minimum Gasteiger partial charge on any atom is -0.444 e. The maximum atomic E-state index is 12.1. The molecule has 0 N–H and O–H groups in total. The van der Waals surface area contributed by atoms with Crippen molar-refractivity contribution >= 4 is 6.09 Å². The van der Waals surface area contributed by atoms with Gasteiger partial charge in [-0.3, -0.25) is 4.90 Å². The standard InChI is InChI=1S/C13H21NO2/c1-10-8-13(6-5-7-13)14(9-10)11(15)16-12(2,3)4/h1,5-9H2,2-4H3. The number of carbonyl (C=O) groups excluding carboxylic acids is 1. The van der Waals surface area contributed by atoms with Crippen LogP contribution in [0.5, 0.6) is 0 Å². The van der Waals surface area contributed by atoms with Crippen molar-refractivity contribution in [1.29, 1.82) is 0 Å². The van der Waals surface area contributed by atoms with Crippen LogP contribution in [0.3, 0.4) is 0 Å². The second-order valence-electron chi connectivity index (χ2n) is 6.07. The maximum Gasteiger partial charge on any atom is 0.411 e. The minimum absolute atomic E-state index is 0.0550. The van der Waals surface area contributed by atoms with Crippen molar-refractivity contribution in [3.8, 4) is 0 Å². The average Bonchev–Trinajstić information content (AvgIpc) is 2.39. The minimum atomic E-state index is -0.411. The molecule has 2 aliphatic rings. The fraction of sp³-hybridized carbons (Fsp3) is 0.769. The molecule has 0 bridgehead atoms. The number of amides is 1. The highest BCUT2D eigenvalue weighted by Gasteiger charge is 2.50. The Labute approximate surface area is 97.5 Å². The van der Waals surface area contributed by atoms with Crippen LogP contribution in [-0.2, 0) is 4.74 Å². The predicted octanol–water partition coefficient (Wildman–Crippen LogP) is 3.11. The normalized spacial score (nSPS) is 23.4. The number of ether oxygens (including phenoxy) is 1. The molecule has 0 atom stereocenters. The molecule has 1 spiro atoms. The molecule has 0 aromatic carbocycles. The number of rotatable bonds is 0. The first-order valence-corrected chi connectivity index (χ1v) is 6.00. The number of hydrogen-bond acceptors (Lipinski definition) is 2. The molecule has 3 heteroatoms. The van der Waals surface area contributed by atoms with Crippen molar-refractivity contribution < 1.29 is 9.53 Å². The van der Waals surface area contributed by atoms with Crippen molar-refractivity contribution in [3.63, 3.8) is 0 Å². The van der Waals surface area contributed by atoms with Crippen LogP contribution in [0.1, 0.15) is 46.5 Å². The van der Waals surface area contributed by atoms with Gasteiger partial charge in [-0.05, 0) is 46.5 Å². The first kappa shape index (κ1) is 11.5. The van der Waals surface area contributed by atoms with Crippen LogP contribution in [-0.4, -0.2) is 28.7 Å². The van der Waals surface area contributed by atoms with E-state index in [1.54, 1.807) is 0 Å². The highest BCUT2D eigenvalue weighted by Crippen LogP contribution is 2.47. The van der Waals surface area contributed by atoms with Crippen molar-refractivity contribution in [2.45, 2.75) is 57.6 Å². The lowest BCUT2D eigenvalue weighted by Crippen LogP contribution is -2.53. The summed E-state index contributed by atoms with van der Waals surface area (Å²) in [4.78, 5) is 14.0. The molecular weight excluding hydrogens is 202 g/mol. The summed E-state index contributed by atoms with van der Waals surface area (Å²) < 4.78 is 5.45. The summed E-state index contributed by atoms with van der Waals surface area (Å²) >= 11 is 0. The fourth-order valence-electron chi connectivity index (χ4n) is 2.61. The third-order valence-electron chi connectivity index (χ3n) is 3.43. The fourth-order valence-corrected chi connectivity index (χ4v) is 2.61. The third kappa shape index (κ3) is 1.95. The van der Waals surface area contributed by atoms with E-state index in [0.717, 1.165) is 24.8 Å². The number of carbonyl (C=O) groups is 1. The van der Waals surface area contributed by atoms with E-state index in [4.69, 9.17) is 4.74 Å². The first-order valence-electron chi connectivity index (χ1n) is 6.00. The summed E-state index contributed by atoms with van der Waals surface area (Å²) in [6, 6.07) is 0. The zero-order chi connectivity index (χ0) is 12.0. The van der Waals surface area contributed by atoms with E-state index >= 15 is 0 Å². The smallest absolute Gasteiger partial charge is 0.411 e. The van der Waals surface area contributed by atoms with Gasteiger partial charge in [-0.15, -0.1) is 0 Å². The molecule has 0 unspecified atom stereocenters.